The molecule has 216 valence electrons. The quantitative estimate of drug-likeness (QED) is 0.296. The topological polar surface area (TPSA) is 153 Å². The van der Waals surface area contributed by atoms with Crippen LogP contribution < -0.4 is 5.56 Å². The molecule has 0 unspecified atom stereocenters. The third kappa shape index (κ3) is 7.03. The van der Waals surface area contributed by atoms with Crippen molar-refractivity contribution < 1.29 is 27.9 Å². The molecular weight excluding hydrogens is 536 g/mol. The number of fused-ring (bicyclic) bond motifs is 3. The minimum absolute atomic E-state index is 0.0327. The minimum atomic E-state index is -4.11. The molecule has 12 heteroatoms. The Hall–Kier alpha value is -3.82. The first kappa shape index (κ1) is 30.7. The van der Waals surface area contributed by atoms with Gasteiger partial charge in [-0.05, 0) is 71.2 Å². The fraction of sp³-hybridized carbons (Fsp3) is 0.464. The molecule has 0 saturated carbocycles. The summed E-state index contributed by atoms with van der Waals surface area (Å²) in [6.07, 6.45) is 7.32. The zero-order valence-electron chi connectivity index (χ0n) is 23.4. The number of hydrogen-bond donors (Lipinski definition) is 3. The van der Waals surface area contributed by atoms with Crippen LogP contribution in [0.2, 0.25) is 0 Å². The van der Waals surface area contributed by atoms with Gasteiger partial charge in [0, 0.05) is 48.0 Å². The molecule has 0 bridgehead atoms. The number of benzene rings is 1. The average molecular weight is 573 g/mol. The van der Waals surface area contributed by atoms with Crippen molar-refractivity contribution >= 4 is 43.9 Å². The van der Waals surface area contributed by atoms with E-state index in [1.54, 1.807) is 27.0 Å². The maximum Gasteiger partial charge on any atom is 0.410 e. The second kappa shape index (κ2) is 12.1. The van der Waals surface area contributed by atoms with Gasteiger partial charge in [0.25, 0.3) is 5.56 Å². The number of aromatic nitrogens is 2. The van der Waals surface area contributed by atoms with Crippen molar-refractivity contribution in [3.63, 3.8) is 0 Å². The summed E-state index contributed by atoms with van der Waals surface area (Å²) in [5.74, 6) is 1.46. The molecule has 40 heavy (non-hydrogen) atoms. The van der Waals surface area contributed by atoms with Crippen LogP contribution in [0.15, 0.2) is 34.1 Å². The van der Waals surface area contributed by atoms with Gasteiger partial charge in [-0.3, -0.25) is 9.59 Å². The maximum atomic E-state index is 13.8. The standard InChI is InChI=1S/C28H36N4O7S/c1-7-13-31(14-15-32(18(2)3)27(36)39-28(4,5)6)40(37,38)20-11-12-22-21(16-20)24-19(9-8-10-23(33)34)17-29-25(24)26(35)30-22/h1,11-12,16-18,29H,8-10,13-15H2,2-6H3,(H,30,35)(H,33,34). The van der Waals surface area contributed by atoms with Gasteiger partial charge in [-0.25, -0.2) is 13.2 Å². The number of sulfonamides is 1. The van der Waals surface area contributed by atoms with Gasteiger partial charge < -0.3 is 24.7 Å². The number of rotatable bonds is 11. The molecule has 0 spiro atoms. The number of ether oxygens (including phenoxy) is 1. The van der Waals surface area contributed by atoms with E-state index < -0.39 is 27.7 Å². The van der Waals surface area contributed by atoms with Crippen LogP contribution in [0.1, 0.15) is 53.0 Å². The van der Waals surface area contributed by atoms with Crippen LogP contribution in [0.25, 0.3) is 21.8 Å². The molecule has 0 radical (unpaired) electrons. The lowest BCUT2D eigenvalue weighted by Crippen LogP contribution is -2.46. The van der Waals surface area contributed by atoms with Crippen LogP contribution in [0.5, 0.6) is 0 Å². The minimum Gasteiger partial charge on any atom is -0.481 e. The van der Waals surface area contributed by atoms with Gasteiger partial charge in [-0.2, -0.15) is 4.31 Å². The highest BCUT2D eigenvalue weighted by molar-refractivity contribution is 7.89. The van der Waals surface area contributed by atoms with E-state index in [9.17, 15) is 22.8 Å². The summed E-state index contributed by atoms with van der Waals surface area (Å²) in [5, 5.41) is 10.0. The number of aliphatic carboxylic acids is 1. The smallest absolute Gasteiger partial charge is 0.410 e. The maximum absolute atomic E-state index is 13.8. The Labute approximate surface area is 233 Å². The second-order valence-electron chi connectivity index (χ2n) is 10.8. The molecule has 2 aromatic heterocycles. The zero-order chi connectivity index (χ0) is 29.8. The van der Waals surface area contributed by atoms with Gasteiger partial charge in [0.05, 0.1) is 11.4 Å². The fourth-order valence-electron chi connectivity index (χ4n) is 4.40. The van der Waals surface area contributed by atoms with Crippen LogP contribution in [-0.4, -0.2) is 76.0 Å². The van der Waals surface area contributed by atoms with E-state index >= 15 is 0 Å². The van der Waals surface area contributed by atoms with E-state index in [-0.39, 0.29) is 48.1 Å². The molecular formula is C28H36N4O7S. The van der Waals surface area contributed by atoms with E-state index in [4.69, 9.17) is 16.3 Å². The number of terminal acetylenes is 1. The highest BCUT2D eigenvalue weighted by Gasteiger charge is 2.29. The Kier molecular flexibility index (Phi) is 9.32. The Bertz CT molecular complexity index is 1610. The molecule has 0 aliphatic carbocycles. The molecule has 0 saturated heterocycles. The summed E-state index contributed by atoms with van der Waals surface area (Å²) in [4.78, 5) is 43.5. The van der Waals surface area contributed by atoms with Crippen molar-refractivity contribution in [1.82, 2.24) is 19.2 Å². The summed E-state index contributed by atoms with van der Waals surface area (Å²) >= 11 is 0. The highest BCUT2D eigenvalue weighted by atomic mass is 32.2. The molecule has 3 rings (SSSR count). The van der Waals surface area contributed by atoms with Gasteiger partial charge in [-0.15, -0.1) is 6.42 Å². The lowest BCUT2D eigenvalue weighted by Gasteiger charge is -2.31. The molecule has 3 N–H and O–H groups in total. The molecule has 2 heterocycles. The van der Waals surface area contributed by atoms with Crippen molar-refractivity contribution in [2.24, 2.45) is 0 Å². The third-order valence-electron chi connectivity index (χ3n) is 6.28. The summed E-state index contributed by atoms with van der Waals surface area (Å²) in [7, 11) is -4.11. The normalized spacial score (nSPS) is 12.2. The zero-order valence-corrected chi connectivity index (χ0v) is 24.2. The first-order valence-corrected chi connectivity index (χ1v) is 14.4. The number of carbonyl (C=O) groups excluding carboxylic acids is 1. The van der Waals surface area contributed by atoms with Crippen molar-refractivity contribution in [3.8, 4) is 12.3 Å². The van der Waals surface area contributed by atoms with Gasteiger partial charge in [-0.1, -0.05) is 5.92 Å². The van der Waals surface area contributed by atoms with Crippen molar-refractivity contribution in [2.45, 2.75) is 70.4 Å². The Balaban J connectivity index is 2.00. The lowest BCUT2D eigenvalue weighted by atomic mass is 10.0. The largest absolute Gasteiger partial charge is 0.481 e. The summed E-state index contributed by atoms with van der Waals surface area (Å²) < 4.78 is 34.1. The summed E-state index contributed by atoms with van der Waals surface area (Å²) in [5.41, 5.74) is 0.351. The Morgan fingerprint density at radius 2 is 1.90 bits per heavy atom. The van der Waals surface area contributed by atoms with Gasteiger partial charge in [0.15, 0.2) is 0 Å². The van der Waals surface area contributed by atoms with Crippen LogP contribution in [0.3, 0.4) is 0 Å². The predicted octanol–water partition coefficient (Wildman–Crippen LogP) is 3.69. The van der Waals surface area contributed by atoms with Crippen LogP contribution in [0, 0.1) is 12.3 Å². The van der Waals surface area contributed by atoms with Crippen molar-refractivity contribution in [3.05, 3.63) is 40.3 Å². The Morgan fingerprint density at radius 3 is 2.50 bits per heavy atom. The average Bonchev–Trinajstić information content (AvgIpc) is 3.26. The number of carboxylic acids is 1. The van der Waals surface area contributed by atoms with Crippen LogP contribution in [0.4, 0.5) is 4.79 Å². The number of aromatic amines is 2. The molecule has 1 amide bonds. The number of H-pyrrole nitrogens is 2. The third-order valence-corrected chi connectivity index (χ3v) is 8.12. The van der Waals surface area contributed by atoms with E-state index in [0.29, 0.717) is 34.7 Å². The molecule has 0 atom stereocenters. The van der Waals surface area contributed by atoms with Gasteiger partial charge in [0.1, 0.15) is 11.1 Å². The monoisotopic (exact) mass is 572 g/mol. The second-order valence-corrected chi connectivity index (χ2v) is 12.7. The fourth-order valence-corrected chi connectivity index (χ4v) is 5.77. The number of pyridine rings is 1. The number of carbonyl (C=O) groups is 2. The number of hydrogen-bond acceptors (Lipinski definition) is 6. The van der Waals surface area contributed by atoms with Crippen molar-refractivity contribution in [2.75, 3.05) is 19.6 Å². The van der Waals surface area contributed by atoms with E-state index in [1.807, 2.05) is 13.8 Å². The highest BCUT2D eigenvalue weighted by Crippen LogP contribution is 2.29. The number of aryl methyl sites for hydroxylation is 1. The first-order valence-electron chi connectivity index (χ1n) is 13.0. The van der Waals surface area contributed by atoms with Crippen molar-refractivity contribution in [1.29, 1.82) is 0 Å². The van der Waals surface area contributed by atoms with Crippen LogP contribution >= 0.6 is 0 Å². The lowest BCUT2D eigenvalue weighted by molar-refractivity contribution is -0.137. The molecule has 0 fully saturated rings. The first-order chi connectivity index (χ1) is 18.7. The summed E-state index contributed by atoms with van der Waals surface area (Å²) in [6.45, 7) is 8.66. The Morgan fingerprint density at radius 1 is 1.20 bits per heavy atom. The SMILES string of the molecule is C#CCN(CCN(C(=O)OC(C)(C)C)C(C)C)S(=O)(=O)c1ccc2[nH]c(=O)c3[nH]cc(CCCC(=O)O)c3c2c1. The number of nitrogens with one attached hydrogen (secondary N) is 2. The number of nitrogens with zero attached hydrogens (tertiary/aromatic N) is 2. The summed E-state index contributed by atoms with van der Waals surface area (Å²) in [6, 6.07) is 4.15. The molecule has 3 aromatic rings. The number of amides is 1. The molecule has 11 nitrogen and oxygen atoms in total. The van der Waals surface area contributed by atoms with Gasteiger partial charge >= 0.3 is 12.1 Å². The molecule has 0 aliphatic heterocycles. The predicted molar refractivity (Wildman–Crippen MR) is 153 cm³/mol. The van der Waals surface area contributed by atoms with Crippen LogP contribution in [-0.2, 0) is 26.0 Å². The molecule has 0 aliphatic rings. The van der Waals surface area contributed by atoms with Gasteiger partial charge in [0.2, 0.25) is 10.0 Å². The van der Waals surface area contributed by atoms with E-state index in [1.165, 1.54) is 23.1 Å². The molecule has 1 aromatic carbocycles. The van der Waals surface area contributed by atoms with E-state index in [0.717, 1.165) is 4.31 Å². The number of carboxylic acid groups (broad SMARTS) is 1. The van der Waals surface area contributed by atoms with E-state index in [2.05, 4.69) is 15.9 Å².